The summed E-state index contributed by atoms with van der Waals surface area (Å²) >= 11 is 0. The fourth-order valence-corrected chi connectivity index (χ4v) is 2.70. The van der Waals surface area contributed by atoms with Gasteiger partial charge in [0.1, 0.15) is 17.1 Å². The summed E-state index contributed by atoms with van der Waals surface area (Å²) in [7, 11) is 1.61. The van der Waals surface area contributed by atoms with Gasteiger partial charge in [-0.1, -0.05) is 6.07 Å². The van der Waals surface area contributed by atoms with Crippen molar-refractivity contribution in [1.29, 1.82) is 0 Å². The number of hydrogen-bond donors (Lipinski definition) is 1. The van der Waals surface area contributed by atoms with E-state index in [2.05, 4.69) is 5.32 Å². The smallest absolute Gasteiger partial charge is 0.229 e. The molecule has 0 aliphatic rings. The molecule has 0 radical (unpaired) electrons. The third kappa shape index (κ3) is 3.76. The lowest BCUT2D eigenvalue weighted by atomic mass is 10.1. The monoisotopic (exact) mass is 339 g/mol. The molecule has 1 N–H and O–H groups in total. The van der Waals surface area contributed by atoms with Gasteiger partial charge in [0, 0.05) is 17.0 Å². The molecule has 25 heavy (non-hydrogen) atoms. The van der Waals surface area contributed by atoms with E-state index < -0.39 is 0 Å². The Morgan fingerprint density at radius 1 is 1.20 bits per heavy atom. The summed E-state index contributed by atoms with van der Waals surface area (Å²) < 4.78 is 16.3. The van der Waals surface area contributed by atoms with Crippen molar-refractivity contribution >= 4 is 22.6 Å². The number of nitrogens with one attached hydrogen (secondary N) is 1. The standard InChI is InChI=1S/C20H21NO4/c1-4-24-19-9-13(2)5-8-17(19)21-20(22)10-14-12-25-18-11-15(23-3)6-7-16(14)18/h5-9,11-12H,4,10H2,1-3H3,(H,21,22). The van der Waals surface area contributed by atoms with Crippen LogP contribution >= 0.6 is 0 Å². The van der Waals surface area contributed by atoms with Gasteiger partial charge in [0.05, 0.1) is 32.1 Å². The highest BCUT2D eigenvalue weighted by molar-refractivity contribution is 5.96. The number of carbonyl (C=O) groups is 1. The highest BCUT2D eigenvalue weighted by Gasteiger charge is 2.13. The minimum atomic E-state index is -0.122. The maximum absolute atomic E-state index is 12.5. The lowest BCUT2D eigenvalue weighted by molar-refractivity contribution is -0.115. The number of fused-ring (bicyclic) bond motifs is 1. The van der Waals surface area contributed by atoms with Crippen molar-refractivity contribution in [1.82, 2.24) is 0 Å². The minimum Gasteiger partial charge on any atom is -0.497 e. The number of hydrogen-bond acceptors (Lipinski definition) is 4. The molecule has 130 valence electrons. The second kappa shape index (κ2) is 7.30. The van der Waals surface area contributed by atoms with Crippen molar-refractivity contribution in [2.75, 3.05) is 19.0 Å². The van der Waals surface area contributed by atoms with E-state index in [1.165, 1.54) is 0 Å². The third-order valence-corrected chi connectivity index (χ3v) is 3.92. The molecule has 1 heterocycles. The fourth-order valence-electron chi connectivity index (χ4n) is 2.70. The molecule has 0 saturated carbocycles. The minimum absolute atomic E-state index is 0.122. The average molecular weight is 339 g/mol. The van der Waals surface area contributed by atoms with Crippen molar-refractivity contribution in [3.63, 3.8) is 0 Å². The molecule has 5 heteroatoms. The Morgan fingerprint density at radius 2 is 2.04 bits per heavy atom. The number of benzene rings is 2. The van der Waals surface area contributed by atoms with E-state index in [-0.39, 0.29) is 12.3 Å². The van der Waals surface area contributed by atoms with Crippen LogP contribution in [0.2, 0.25) is 0 Å². The fraction of sp³-hybridized carbons (Fsp3) is 0.250. The van der Waals surface area contributed by atoms with Gasteiger partial charge in [-0.3, -0.25) is 4.79 Å². The maximum atomic E-state index is 12.5. The highest BCUT2D eigenvalue weighted by atomic mass is 16.5. The van der Waals surface area contributed by atoms with Gasteiger partial charge in [-0.25, -0.2) is 0 Å². The van der Waals surface area contributed by atoms with Gasteiger partial charge >= 0.3 is 0 Å². The lowest BCUT2D eigenvalue weighted by Crippen LogP contribution is -2.15. The van der Waals surface area contributed by atoms with Gasteiger partial charge in [-0.15, -0.1) is 0 Å². The predicted molar refractivity (Wildman–Crippen MR) is 97.4 cm³/mol. The number of methoxy groups -OCH3 is 1. The van der Waals surface area contributed by atoms with Crippen LogP contribution in [-0.2, 0) is 11.2 Å². The summed E-state index contributed by atoms with van der Waals surface area (Å²) in [5, 5.41) is 3.83. The molecule has 5 nitrogen and oxygen atoms in total. The number of furan rings is 1. The summed E-state index contributed by atoms with van der Waals surface area (Å²) in [4.78, 5) is 12.5. The van der Waals surface area contributed by atoms with Crippen molar-refractivity contribution in [3.8, 4) is 11.5 Å². The molecular formula is C20H21NO4. The molecule has 0 aliphatic carbocycles. The van der Waals surface area contributed by atoms with Crippen LogP contribution in [0.4, 0.5) is 5.69 Å². The quantitative estimate of drug-likeness (QED) is 0.726. The molecule has 2 aromatic carbocycles. The Kier molecular flexibility index (Phi) is 4.93. The Balaban J connectivity index is 1.77. The molecule has 0 bridgehead atoms. The van der Waals surface area contributed by atoms with E-state index >= 15 is 0 Å². The van der Waals surface area contributed by atoms with Gasteiger partial charge in [0.15, 0.2) is 0 Å². The Labute approximate surface area is 146 Å². The molecule has 1 aromatic heterocycles. The Bertz CT molecular complexity index is 898. The summed E-state index contributed by atoms with van der Waals surface area (Å²) in [6.45, 7) is 4.44. The van der Waals surface area contributed by atoms with Gasteiger partial charge in [-0.2, -0.15) is 0 Å². The van der Waals surface area contributed by atoms with Crippen LogP contribution in [0.3, 0.4) is 0 Å². The van der Waals surface area contributed by atoms with Crippen molar-refractivity contribution in [2.24, 2.45) is 0 Å². The molecule has 3 aromatic rings. The first kappa shape index (κ1) is 16.9. The largest absolute Gasteiger partial charge is 0.497 e. The zero-order chi connectivity index (χ0) is 17.8. The van der Waals surface area contributed by atoms with Crippen molar-refractivity contribution < 1.29 is 18.7 Å². The molecule has 0 aliphatic heterocycles. The molecule has 0 unspecified atom stereocenters. The van der Waals surface area contributed by atoms with Crippen molar-refractivity contribution in [3.05, 3.63) is 53.8 Å². The predicted octanol–water partition coefficient (Wildman–Crippen LogP) is 4.33. The molecule has 0 atom stereocenters. The van der Waals surface area contributed by atoms with Crippen LogP contribution in [0.1, 0.15) is 18.1 Å². The van der Waals surface area contributed by atoms with E-state index in [0.29, 0.717) is 23.6 Å². The number of amides is 1. The first-order valence-electron chi connectivity index (χ1n) is 8.18. The molecular weight excluding hydrogens is 318 g/mol. The van der Waals surface area contributed by atoms with Crippen LogP contribution in [0.5, 0.6) is 11.5 Å². The number of anilines is 1. The van der Waals surface area contributed by atoms with E-state index in [4.69, 9.17) is 13.9 Å². The zero-order valence-electron chi connectivity index (χ0n) is 14.6. The summed E-state index contributed by atoms with van der Waals surface area (Å²) in [5.41, 5.74) is 3.29. The second-order valence-electron chi connectivity index (χ2n) is 5.78. The van der Waals surface area contributed by atoms with Gasteiger partial charge in [-0.05, 0) is 43.7 Å². The van der Waals surface area contributed by atoms with Crippen LogP contribution in [-0.4, -0.2) is 19.6 Å². The maximum Gasteiger partial charge on any atom is 0.229 e. The van der Waals surface area contributed by atoms with Crippen LogP contribution in [0.25, 0.3) is 11.0 Å². The molecule has 0 spiro atoms. The topological polar surface area (TPSA) is 60.7 Å². The first-order chi connectivity index (χ1) is 12.1. The van der Waals surface area contributed by atoms with E-state index in [9.17, 15) is 4.79 Å². The van der Waals surface area contributed by atoms with Gasteiger partial charge in [0.2, 0.25) is 5.91 Å². The second-order valence-corrected chi connectivity index (χ2v) is 5.78. The van der Waals surface area contributed by atoms with Gasteiger partial charge in [0.25, 0.3) is 0 Å². The SMILES string of the molecule is CCOc1cc(C)ccc1NC(=O)Cc1coc2cc(OC)ccc12. The molecule has 1 amide bonds. The summed E-state index contributed by atoms with van der Waals surface area (Å²) in [6.07, 6.45) is 1.83. The first-order valence-corrected chi connectivity index (χ1v) is 8.18. The Morgan fingerprint density at radius 3 is 2.80 bits per heavy atom. The average Bonchev–Trinajstić information content (AvgIpc) is 2.99. The number of aryl methyl sites for hydroxylation is 1. The van der Waals surface area contributed by atoms with Crippen LogP contribution in [0.15, 0.2) is 47.1 Å². The number of ether oxygens (including phenoxy) is 2. The van der Waals surface area contributed by atoms with E-state index in [0.717, 1.165) is 22.3 Å². The van der Waals surface area contributed by atoms with E-state index in [1.54, 1.807) is 13.4 Å². The number of rotatable bonds is 6. The third-order valence-electron chi connectivity index (χ3n) is 3.92. The normalized spacial score (nSPS) is 10.7. The zero-order valence-corrected chi connectivity index (χ0v) is 14.6. The van der Waals surface area contributed by atoms with Crippen LogP contribution < -0.4 is 14.8 Å². The summed E-state index contributed by atoms with van der Waals surface area (Å²) in [6, 6.07) is 11.3. The number of carbonyl (C=O) groups excluding carboxylic acids is 1. The van der Waals surface area contributed by atoms with Crippen LogP contribution in [0, 0.1) is 6.92 Å². The Hall–Kier alpha value is -2.95. The van der Waals surface area contributed by atoms with Crippen molar-refractivity contribution in [2.45, 2.75) is 20.3 Å². The lowest BCUT2D eigenvalue weighted by Gasteiger charge is -2.12. The van der Waals surface area contributed by atoms with E-state index in [1.807, 2.05) is 50.2 Å². The molecule has 0 saturated heterocycles. The molecule has 3 rings (SSSR count). The highest BCUT2D eigenvalue weighted by Crippen LogP contribution is 2.28. The molecule has 0 fully saturated rings. The van der Waals surface area contributed by atoms with Gasteiger partial charge < -0.3 is 19.2 Å². The summed E-state index contributed by atoms with van der Waals surface area (Å²) in [5.74, 6) is 1.28.